The lowest BCUT2D eigenvalue weighted by Gasteiger charge is -2.32. The standard InChI is InChI=1S/C18H21N3O2/c22-21(23)18-9-5-4-8-17(18)19-16-10-12-20(13-11-16)14-15-6-2-1-3-7-15/h1-9,16,19H,10-14H2. The van der Waals surface area contributed by atoms with Crippen LogP contribution in [-0.4, -0.2) is 29.0 Å². The van der Waals surface area contributed by atoms with E-state index in [2.05, 4.69) is 34.5 Å². The summed E-state index contributed by atoms with van der Waals surface area (Å²) < 4.78 is 0. The van der Waals surface area contributed by atoms with Crippen LogP contribution in [0.4, 0.5) is 11.4 Å². The van der Waals surface area contributed by atoms with Crippen molar-refractivity contribution >= 4 is 11.4 Å². The molecule has 0 bridgehead atoms. The van der Waals surface area contributed by atoms with Crippen molar-refractivity contribution < 1.29 is 4.92 Å². The topological polar surface area (TPSA) is 58.4 Å². The number of anilines is 1. The van der Waals surface area contributed by atoms with Gasteiger partial charge in [0.15, 0.2) is 0 Å². The van der Waals surface area contributed by atoms with E-state index in [0.717, 1.165) is 32.5 Å². The lowest BCUT2D eigenvalue weighted by Crippen LogP contribution is -2.38. The number of piperidine rings is 1. The molecule has 120 valence electrons. The average Bonchev–Trinajstić information content (AvgIpc) is 2.58. The Bertz CT molecular complexity index is 652. The van der Waals surface area contributed by atoms with Crippen molar-refractivity contribution in [2.75, 3.05) is 18.4 Å². The minimum Gasteiger partial charge on any atom is -0.377 e. The van der Waals surface area contributed by atoms with E-state index in [0.29, 0.717) is 11.7 Å². The summed E-state index contributed by atoms with van der Waals surface area (Å²) in [5, 5.41) is 14.4. The number of nitrogens with one attached hydrogen (secondary N) is 1. The van der Waals surface area contributed by atoms with Crippen molar-refractivity contribution in [2.45, 2.75) is 25.4 Å². The zero-order valence-electron chi connectivity index (χ0n) is 13.0. The van der Waals surface area contributed by atoms with Gasteiger partial charge in [0.05, 0.1) is 4.92 Å². The average molecular weight is 311 g/mol. The first-order valence-corrected chi connectivity index (χ1v) is 7.98. The number of hydrogen-bond acceptors (Lipinski definition) is 4. The van der Waals surface area contributed by atoms with E-state index < -0.39 is 0 Å². The van der Waals surface area contributed by atoms with Crippen LogP contribution < -0.4 is 5.32 Å². The van der Waals surface area contributed by atoms with Crippen molar-refractivity contribution in [2.24, 2.45) is 0 Å². The number of nitro benzene ring substituents is 1. The predicted octanol–water partition coefficient (Wildman–Crippen LogP) is 3.67. The van der Waals surface area contributed by atoms with Gasteiger partial charge in [-0.15, -0.1) is 0 Å². The van der Waals surface area contributed by atoms with Crippen LogP contribution in [0.25, 0.3) is 0 Å². The van der Waals surface area contributed by atoms with E-state index in [4.69, 9.17) is 0 Å². The van der Waals surface area contributed by atoms with Gasteiger partial charge in [-0.3, -0.25) is 15.0 Å². The molecule has 1 saturated heterocycles. The van der Waals surface area contributed by atoms with Gasteiger partial charge in [0.2, 0.25) is 0 Å². The van der Waals surface area contributed by atoms with Crippen LogP contribution in [-0.2, 0) is 6.54 Å². The fraction of sp³-hybridized carbons (Fsp3) is 0.333. The predicted molar refractivity (Wildman–Crippen MR) is 91.5 cm³/mol. The Morgan fingerprint density at radius 2 is 1.70 bits per heavy atom. The maximum Gasteiger partial charge on any atom is 0.292 e. The third-order valence-corrected chi connectivity index (χ3v) is 4.30. The Hall–Kier alpha value is -2.40. The summed E-state index contributed by atoms with van der Waals surface area (Å²) in [4.78, 5) is 13.2. The lowest BCUT2D eigenvalue weighted by molar-refractivity contribution is -0.384. The van der Waals surface area contributed by atoms with Gasteiger partial charge in [0.25, 0.3) is 5.69 Å². The van der Waals surface area contributed by atoms with Crippen molar-refractivity contribution in [3.05, 3.63) is 70.3 Å². The number of hydrogen-bond donors (Lipinski definition) is 1. The number of nitro groups is 1. The molecule has 0 spiro atoms. The molecule has 1 N–H and O–H groups in total. The van der Waals surface area contributed by atoms with Crippen LogP contribution in [0.2, 0.25) is 0 Å². The molecule has 0 amide bonds. The summed E-state index contributed by atoms with van der Waals surface area (Å²) in [5.74, 6) is 0. The molecule has 1 aliphatic rings. The van der Waals surface area contributed by atoms with E-state index >= 15 is 0 Å². The van der Waals surface area contributed by atoms with Crippen molar-refractivity contribution in [1.82, 2.24) is 4.90 Å². The maximum absolute atomic E-state index is 11.1. The minimum absolute atomic E-state index is 0.152. The number of rotatable bonds is 5. The normalized spacial score (nSPS) is 16.2. The Morgan fingerprint density at radius 1 is 1.04 bits per heavy atom. The molecule has 1 heterocycles. The van der Waals surface area contributed by atoms with Crippen LogP contribution >= 0.6 is 0 Å². The van der Waals surface area contributed by atoms with Crippen LogP contribution in [0, 0.1) is 10.1 Å². The molecule has 2 aromatic rings. The number of nitrogens with zero attached hydrogens (tertiary/aromatic N) is 2. The second-order valence-corrected chi connectivity index (χ2v) is 5.95. The molecule has 0 unspecified atom stereocenters. The Labute approximate surface area is 136 Å². The van der Waals surface area contributed by atoms with Crippen LogP contribution in [0.3, 0.4) is 0 Å². The maximum atomic E-state index is 11.1. The molecule has 3 rings (SSSR count). The molecule has 0 atom stereocenters. The third kappa shape index (κ3) is 4.07. The molecule has 5 heteroatoms. The molecule has 1 aliphatic heterocycles. The van der Waals surface area contributed by atoms with Crippen LogP contribution in [0.15, 0.2) is 54.6 Å². The zero-order valence-corrected chi connectivity index (χ0v) is 13.0. The highest BCUT2D eigenvalue weighted by atomic mass is 16.6. The number of likely N-dealkylation sites (tertiary alicyclic amines) is 1. The van der Waals surface area contributed by atoms with Crippen LogP contribution in [0.5, 0.6) is 0 Å². The second kappa shape index (κ2) is 7.24. The minimum atomic E-state index is -0.327. The zero-order chi connectivity index (χ0) is 16.1. The highest BCUT2D eigenvalue weighted by Gasteiger charge is 2.21. The first kappa shape index (κ1) is 15.5. The SMILES string of the molecule is O=[N+]([O-])c1ccccc1NC1CCN(Cc2ccccc2)CC1. The van der Waals surface area contributed by atoms with Gasteiger partial charge < -0.3 is 5.32 Å². The largest absolute Gasteiger partial charge is 0.377 e. The molecule has 0 aliphatic carbocycles. The Balaban J connectivity index is 1.54. The summed E-state index contributed by atoms with van der Waals surface area (Å²) in [6, 6.07) is 17.6. The van der Waals surface area contributed by atoms with Gasteiger partial charge in [-0.1, -0.05) is 42.5 Å². The number of benzene rings is 2. The molecule has 0 saturated carbocycles. The number of para-hydroxylation sites is 2. The van der Waals surface area contributed by atoms with Crippen molar-refractivity contribution in [3.8, 4) is 0 Å². The highest BCUT2D eigenvalue weighted by molar-refractivity contribution is 5.61. The van der Waals surface area contributed by atoms with Gasteiger partial charge in [0, 0.05) is 31.7 Å². The Kier molecular flexibility index (Phi) is 4.88. The summed E-state index contributed by atoms with van der Waals surface area (Å²) in [6.07, 6.45) is 2.00. The summed E-state index contributed by atoms with van der Waals surface area (Å²) in [6.45, 7) is 2.99. The van der Waals surface area contributed by atoms with Crippen LogP contribution in [0.1, 0.15) is 18.4 Å². The molecule has 2 aromatic carbocycles. The summed E-state index contributed by atoms with van der Waals surface area (Å²) >= 11 is 0. The second-order valence-electron chi connectivity index (χ2n) is 5.95. The van der Waals surface area contributed by atoms with E-state index in [1.165, 1.54) is 5.56 Å². The quantitative estimate of drug-likeness (QED) is 0.676. The monoisotopic (exact) mass is 311 g/mol. The fourth-order valence-corrected chi connectivity index (χ4v) is 3.05. The fourth-order valence-electron chi connectivity index (χ4n) is 3.05. The molecule has 1 fully saturated rings. The smallest absolute Gasteiger partial charge is 0.292 e. The highest BCUT2D eigenvalue weighted by Crippen LogP contribution is 2.26. The molecule has 5 nitrogen and oxygen atoms in total. The van der Waals surface area contributed by atoms with Gasteiger partial charge in [-0.05, 0) is 24.5 Å². The van der Waals surface area contributed by atoms with E-state index in [1.54, 1.807) is 18.2 Å². The van der Waals surface area contributed by atoms with Crippen molar-refractivity contribution in [3.63, 3.8) is 0 Å². The molecule has 0 aromatic heterocycles. The third-order valence-electron chi connectivity index (χ3n) is 4.30. The molecule has 0 radical (unpaired) electrons. The Morgan fingerprint density at radius 3 is 2.39 bits per heavy atom. The first-order chi connectivity index (χ1) is 11.2. The molecule has 23 heavy (non-hydrogen) atoms. The first-order valence-electron chi connectivity index (χ1n) is 7.98. The lowest BCUT2D eigenvalue weighted by atomic mass is 10.0. The van der Waals surface area contributed by atoms with Gasteiger partial charge in [-0.25, -0.2) is 0 Å². The molecular weight excluding hydrogens is 290 g/mol. The van der Waals surface area contributed by atoms with E-state index in [9.17, 15) is 10.1 Å². The van der Waals surface area contributed by atoms with Crippen molar-refractivity contribution in [1.29, 1.82) is 0 Å². The summed E-state index contributed by atoms with van der Waals surface area (Å²) in [7, 11) is 0. The molecular formula is C18H21N3O2. The summed E-state index contributed by atoms with van der Waals surface area (Å²) in [5.41, 5.74) is 2.11. The van der Waals surface area contributed by atoms with Gasteiger partial charge in [0.1, 0.15) is 5.69 Å². The van der Waals surface area contributed by atoms with E-state index in [-0.39, 0.29) is 10.6 Å². The van der Waals surface area contributed by atoms with Gasteiger partial charge in [-0.2, -0.15) is 0 Å². The van der Waals surface area contributed by atoms with Gasteiger partial charge >= 0.3 is 0 Å². The van der Waals surface area contributed by atoms with E-state index in [1.807, 2.05) is 12.1 Å².